The standard InChI is InChI=1S/C10H16N2O/c11-6-10(13)8-12-7-9-4-2-1-3-5-9/h1-5,10,12-13H,6-8,11H2/t10-/m0/s1. The van der Waals surface area contributed by atoms with Crippen LogP contribution in [0.3, 0.4) is 0 Å². The van der Waals surface area contributed by atoms with Gasteiger partial charge in [0.2, 0.25) is 0 Å². The van der Waals surface area contributed by atoms with Crippen molar-refractivity contribution in [1.29, 1.82) is 0 Å². The van der Waals surface area contributed by atoms with Gasteiger partial charge in [-0.05, 0) is 5.56 Å². The Labute approximate surface area is 78.6 Å². The monoisotopic (exact) mass is 180 g/mol. The molecule has 0 unspecified atom stereocenters. The molecule has 0 saturated carbocycles. The summed E-state index contributed by atoms with van der Waals surface area (Å²) >= 11 is 0. The van der Waals surface area contributed by atoms with E-state index in [4.69, 9.17) is 10.8 Å². The molecule has 0 aliphatic rings. The van der Waals surface area contributed by atoms with E-state index in [9.17, 15) is 0 Å². The van der Waals surface area contributed by atoms with Crippen LogP contribution in [0.25, 0.3) is 0 Å². The van der Waals surface area contributed by atoms with Gasteiger partial charge in [0, 0.05) is 19.6 Å². The van der Waals surface area contributed by atoms with Gasteiger partial charge in [0.15, 0.2) is 0 Å². The summed E-state index contributed by atoms with van der Waals surface area (Å²) in [7, 11) is 0. The van der Waals surface area contributed by atoms with Crippen molar-refractivity contribution in [1.82, 2.24) is 5.32 Å². The average Bonchev–Trinajstić information content (AvgIpc) is 2.19. The highest BCUT2D eigenvalue weighted by atomic mass is 16.3. The topological polar surface area (TPSA) is 58.3 Å². The summed E-state index contributed by atoms with van der Waals surface area (Å²) in [6.07, 6.45) is -0.441. The molecule has 0 amide bonds. The average molecular weight is 180 g/mol. The highest BCUT2D eigenvalue weighted by Gasteiger charge is 1.98. The van der Waals surface area contributed by atoms with E-state index in [1.807, 2.05) is 30.3 Å². The van der Waals surface area contributed by atoms with Crippen LogP contribution in [0.4, 0.5) is 0 Å². The van der Waals surface area contributed by atoms with Crippen LogP contribution in [0.2, 0.25) is 0 Å². The van der Waals surface area contributed by atoms with E-state index in [0.29, 0.717) is 13.1 Å². The molecule has 0 radical (unpaired) electrons. The zero-order valence-corrected chi connectivity index (χ0v) is 7.61. The van der Waals surface area contributed by atoms with E-state index in [2.05, 4.69) is 5.32 Å². The van der Waals surface area contributed by atoms with Gasteiger partial charge in [0.25, 0.3) is 0 Å². The van der Waals surface area contributed by atoms with Crippen LogP contribution in [0.1, 0.15) is 5.56 Å². The number of hydrogen-bond acceptors (Lipinski definition) is 3. The Hall–Kier alpha value is -0.900. The Balaban J connectivity index is 2.20. The predicted molar refractivity (Wildman–Crippen MR) is 53.2 cm³/mol. The van der Waals surface area contributed by atoms with Crippen molar-refractivity contribution < 1.29 is 5.11 Å². The van der Waals surface area contributed by atoms with Gasteiger partial charge < -0.3 is 16.2 Å². The Morgan fingerprint density at radius 1 is 1.31 bits per heavy atom. The molecule has 13 heavy (non-hydrogen) atoms. The molecule has 0 aliphatic carbocycles. The molecule has 4 N–H and O–H groups in total. The van der Waals surface area contributed by atoms with Crippen LogP contribution in [0, 0.1) is 0 Å². The molecule has 1 rings (SSSR count). The first-order valence-corrected chi connectivity index (χ1v) is 4.45. The summed E-state index contributed by atoms with van der Waals surface area (Å²) < 4.78 is 0. The lowest BCUT2D eigenvalue weighted by molar-refractivity contribution is 0.179. The number of nitrogens with one attached hydrogen (secondary N) is 1. The molecule has 0 spiro atoms. The normalized spacial score (nSPS) is 12.8. The van der Waals surface area contributed by atoms with Crippen molar-refractivity contribution in [3.8, 4) is 0 Å². The SMILES string of the molecule is NC[C@H](O)CNCc1ccccc1. The highest BCUT2D eigenvalue weighted by molar-refractivity contribution is 5.14. The molecule has 1 aromatic carbocycles. The van der Waals surface area contributed by atoms with Crippen LogP contribution >= 0.6 is 0 Å². The fraction of sp³-hybridized carbons (Fsp3) is 0.400. The van der Waals surface area contributed by atoms with Crippen molar-refractivity contribution in [3.63, 3.8) is 0 Å². The lowest BCUT2D eigenvalue weighted by atomic mass is 10.2. The fourth-order valence-electron chi connectivity index (χ4n) is 1.06. The van der Waals surface area contributed by atoms with Gasteiger partial charge in [-0.25, -0.2) is 0 Å². The van der Waals surface area contributed by atoms with Gasteiger partial charge >= 0.3 is 0 Å². The van der Waals surface area contributed by atoms with Gasteiger partial charge in [-0.15, -0.1) is 0 Å². The first kappa shape index (κ1) is 10.2. The molecule has 0 aliphatic heterocycles. The second-order valence-corrected chi connectivity index (χ2v) is 3.01. The molecule has 3 nitrogen and oxygen atoms in total. The predicted octanol–water partition coefficient (Wildman–Crippen LogP) is 0.0958. The van der Waals surface area contributed by atoms with Crippen LogP contribution in [0.15, 0.2) is 30.3 Å². The third kappa shape index (κ3) is 4.03. The van der Waals surface area contributed by atoms with E-state index >= 15 is 0 Å². The molecule has 1 atom stereocenters. The van der Waals surface area contributed by atoms with E-state index < -0.39 is 6.10 Å². The van der Waals surface area contributed by atoms with Gasteiger partial charge in [-0.2, -0.15) is 0 Å². The summed E-state index contributed by atoms with van der Waals surface area (Å²) in [5.74, 6) is 0. The first-order valence-electron chi connectivity index (χ1n) is 4.45. The summed E-state index contributed by atoms with van der Waals surface area (Å²) in [6.45, 7) is 1.63. The van der Waals surface area contributed by atoms with Crippen LogP contribution in [-0.4, -0.2) is 24.3 Å². The van der Waals surface area contributed by atoms with Crippen molar-refractivity contribution in [2.75, 3.05) is 13.1 Å². The fourth-order valence-corrected chi connectivity index (χ4v) is 1.06. The molecule has 0 saturated heterocycles. The molecule has 0 fully saturated rings. The van der Waals surface area contributed by atoms with Crippen molar-refractivity contribution in [3.05, 3.63) is 35.9 Å². The molecule has 72 valence electrons. The Morgan fingerprint density at radius 3 is 2.62 bits per heavy atom. The zero-order valence-electron chi connectivity index (χ0n) is 7.61. The van der Waals surface area contributed by atoms with Crippen molar-refractivity contribution >= 4 is 0 Å². The molecule has 0 bridgehead atoms. The first-order chi connectivity index (χ1) is 6.33. The quantitative estimate of drug-likeness (QED) is 0.602. The van der Waals surface area contributed by atoms with Gasteiger partial charge in [-0.3, -0.25) is 0 Å². The molecule has 1 aromatic rings. The maximum Gasteiger partial charge on any atom is 0.0786 e. The molecular weight excluding hydrogens is 164 g/mol. The van der Waals surface area contributed by atoms with E-state index in [1.54, 1.807) is 0 Å². The molecule has 0 heterocycles. The second kappa shape index (κ2) is 5.70. The minimum Gasteiger partial charge on any atom is -0.390 e. The van der Waals surface area contributed by atoms with Crippen LogP contribution in [-0.2, 0) is 6.54 Å². The minimum absolute atomic E-state index is 0.307. The zero-order chi connectivity index (χ0) is 9.52. The summed E-state index contributed by atoms with van der Waals surface area (Å²) in [4.78, 5) is 0. The van der Waals surface area contributed by atoms with Crippen molar-refractivity contribution in [2.45, 2.75) is 12.6 Å². The Morgan fingerprint density at radius 2 is 2.00 bits per heavy atom. The van der Waals surface area contributed by atoms with Crippen molar-refractivity contribution in [2.24, 2.45) is 5.73 Å². The number of rotatable bonds is 5. The van der Waals surface area contributed by atoms with Gasteiger partial charge in [-0.1, -0.05) is 30.3 Å². The lowest BCUT2D eigenvalue weighted by Gasteiger charge is -2.08. The minimum atomic E-state index is -0.441. The second-order valence-electron chi connectivity index (χ2n) is 3.01. The van der Waals surface area contributed by atoms with Crippen LogP contribution in [0.5, 0.6) is 0 Å². The van der Waals surface area contributed by atoms with Gasteiger partial charge in [0.05, 0.1) is 6.10 Å². The number of nitrogens with two attached hydrogens (primary N) is 1. The lowest BCUT2D eigenvalue weighted by Crippen LogP contribution is -2.32. The Kier molecular flexibility index (Phi) is 4.46. The summed E-state index contributed by atoms with van der Waals surface area (Å²) in [6, 6.07) is 10.1. The highest BCUT2D eigenvalue weighted by Crippen LogP contribution is 1.96. The third-order valence-corrected chi connectivity index (χ3v) is 1.82. The largest absolute Gasteiger partial charge is 0.390 e. The number of aliphatic hydroxyl groups excluding tert-OH is 1. The van der Waals surface area contributed by atoms with E-state index in [0.717, 1.165) is 6.54 Å². The smallest absolute Gasteiger partial charge is 0.0786 e. The van der Waals surface area contributed by atoms with E-state index in [1.165, 1.54) is 5.56 Å². The molecular formula is C10H16N2O. The maximum absolute atomic E-state index is 9.15. The number of hydrogen-bond donors (Lipinski definition) is 3. The van der Waals surface area contributed by atoms with Crippen LogP contribution < -0.4 is 11.1 Å². The van der Waals surface area contributed by atoms with Gasteiger partial charge in [0.1, 0.15) is 0 Å². The molecule has 0 aromatic heterocycles. The summed E-state index contributed by atoms with van der Waals surface area (Å²) in [5.41, 5.74) is 6.48. The maximum atomic E-state index is 9.15. The number of benzene rings is 1. The third-order valence-electron chi connectivity index (χ3n) is 1.82. The molecule has 3 heteroatoms. The summed E-state index contributed by atoms with van der Waals surface area (Å²) in [5, 5.41) is 12.3. The number of aliphatic hydroxyl groups is 1. The Bertz CT molecular complexity index is 226. The van der Waals surface area contributed by atoms with E-state index in [-0.39, 0.29) is 0 Å².